The van der Waals surface area contributed by atoms with Crippen LogP contribution in [-0.4, -0.2) is 9.38 Å². The largest absolute Gasteiger partial charge is 0.269 e. The number of nitrogens with zero attached hydrogens (tertiary/aromatic N) is 2. The van der Waals surface area contributed by atoms with Gasteiger partial charge in [-0.25, -0.2) is 4.98 Å². The Balaban J connectivity index is 1.91. The predicted molar refractivity (Wildman–Crippen MR) is 87.5 cm³/mol. The minimum Gasteiger partial charge on any atom is -0.269 e. The van der Waals surface area contributed by atoms with Crippen molar-refractivity contribution in [3.05, 3.63) is 74.8 Å². The molecule has 0 amide bonds. The third-order valence-electron chi connectivity index (χ3n) is 2.91. The molecule has 0 bridgehead atoms. The third-order valence-corrected chi connectivity index (χ3v) is 4.93. The van der Waals surface area contributed by atoms with E-state index in [-0.39, 0.29) is 5.56 Å². The molecule has 2 aromatic heterocycles. The van der Waals surface area contributed by atoms with Gasteiger partial charge in [0, 0.05) is 22.9 Å². The van der Waals surface area contributed by atoms with Crippen LogP contribution in [0.25, 0.3) is 5.65 Å². The number of thioether (sulfide) groups is 1. The van der Waals surface area contributed by atoms with E-state index >= 15 is 0 Å². The fourth-order valence-corrected chi connectivity index (χ4v) is 3.52. The molecule has 3 aromatic rings. The lowest BCUT2D eigenvalue weighted by atomic mass is 10.4. The van der Waals surface area contributed by atoms with E-state index in [0.29, 0.717) is 27.1 Å². The molecule has 0 aliphatic heterocycles. The van der Waals surface area contributed by atoms with Gasteiger partial charge in [0.25, 0.3) is 5.56 Å². The maximum atomic E-state index is 12.0. The van der Waals surface area contributed by atoms with E-state index in [1.54, 1.807) is 36.5 Å². The first-order chi connectivity index (χ1) is 10.1. The maximum Gasteiger partial charge on any atom is 0.258 e. The Kier molecular flexibility index (Phi) is 4.19. The molecule has 106 valence electrons. The van der Waals surface area contributed by atoms with Crippen LogP contribution in [0.5, 0.6) is 0 Å². The highest BCUT2D eigenvalue weighted by Gasteiger charge is 2.08. The summed E-state index contributed by atoms with van der Waals surface area (Å²) in [5.74, 6) is 0.532. The zero-order valence-electron chi connectivity index (χ0n) is 10.8. The lowest BCUT2D eigenvalue weighted by molar-refractivity contribution is 1.01. The van der Waals surface area contributed by atoms with E-state index in [0.717, 1.165) is 4.90 Å². The van der Waals surface area contributed by atoms with Crippen LogP contribution in [0.4, 0.5) is 0 Å². The van der Waals surface area contributed by atoms with Gasteiger partial charge in [0.15, 0.2) is 0 Å². The number of fused-ring (bicyclic) bond motifs is 1. The number of aromatic nitrogens is 2. The number of benzene rings is 1. The van der Waals surface area contributed by atoms with E-state index < -0.39 is 0 Å². The van der Waals surface area contributed by atoms with Crippen molar-refractivity contribution in [2.75, 3.05) is 0 Å². The van der Waals surface area contributed by atoms with Gasteiger partial charge in [0.2, 0.25) is 0 Å². The maximum absolute atomic E-state index is 12.0. The van der Waals surface area contributed by atoms with Crippen molar-refractivity contribution >= 4 is 40.6 Å². The SMILES string of the molecule is O=c1cc(CSc2c(Cl)cccc2Cl)nc2ccccn12. The zero-order valence-corrected chi connectivity index (χ0v) is 13.1. The van der Waals surface area contributed by atoms with Crippen molar-refractivity contribution in [3.8, 4) is 0 Å². The van der Waals surface area contributed by atoms with Crippen molar-refractivity contribution in [1.82, 2.24) is 9.38 Å². The van der Waals surface area contributed by atoms with Gasteiger partial charge in [-0.2, -0.15) is 0 Å². The first-order valence-corrected chi connectivity index (χ1v) is 7.93. The van der Waals surface area contributed by atoms with E-state index in [1.807, 2.05) is 6.07 Å². The Bertz CT molecular complexity index is 843. The number of pyridine rings is 1. The van der Waals surface area contributed by atoms with Gasteiger partial charge in [0.1, 0.15) is 5.65 Å². The van der Waals surface area contributed by atoms with E-state index in [4.69, 9.17) is 23.2 Å². The standard InChI is InChI=1S/C15H10Cl2N2OS/c16-11-4-3-5-12(17)15(11)21-9-10-8-14(20)19-7-2-1-6-13(19)18-10/h1-8H,9H2. The molecule has 0 atom stereocenters. The molecule has 3 nitrogen and oxygen atoms in total. The molecule has 0 spiro atoms. The van der Waals surface area contributed by atoms with Crippen LogP contribution >= 0.6 is 35.0 Å². The van der Waals surface area contributed by atoms with Crippen molar-refractivity contribution in [3.63, 3.8) is 0 Å². The van der Waals surface area contributed by atoms with Crippen molar-refractivity contribution < 1.29 is 0 Å². The Morgan fingerprint density at radius 3 is 2.62 bits per heavy atom. The highest BCUT2D eigenvalue weighted by atomic mass is 35.5. The molecule has 0 unspecified atom stereocenters. The smallest absolute Gasteiger partial charge is 0.258 e. The summed E-state index contributed by atoms with van der Waals surface area (Å²) in [6, 6.07) is 12.4. The minimum atomic E-state index is -0.0959. The summed E-state index contributed by atoms with van der Waals surface area (Å²) < 4.78 is 1.51. The second-order valence-electron chi connectivity index (χ2n) is 4.35. The summed E-state index contributed by atoms with van der Waals surface area (Å²) in [7, 11) is 0. The molecule has 0 saturated carbocycles. The van der Waals surface area contributed by atoms with E-state index in [2.05, 4.69) is 4.98 Å². The second kappa shape index (κ2) is 6.10. The van der Waals surface area contributed by atoms with Gasteiger partial charge < -0.3 is 0 Å². The predicted octanol–water partition coefficient (Wildman–Crippen LogP) is 4.29. The minimum absolute atomic E-state index is 0.0959. The van der Waals surface area contributed by atoms with Crippen molar-refractivity contribution in [2.24, 2.45) is 0 Å². The summed E-state index contributed by atoms with van der Waals surface area (Å²) >= 11 is 13.7. The van der Waals surface area contributed by atoms with Gasteiger partial charge in [-0.15, -0.1) is 11.8 Å². The lowest BCUT2D eigenvalue weighted by Crippen LogP contribution is -2.14. The van der Waals surface area contributed by atoms with E-state index in [9.17, 15) is 4.79 Å². The molecule has 1 aromatic carbocycles. The zero-order chi connectivity index (χ0) is 14.8. The first kappa shape index (κ1) is 14.4. The Labute approximate surface area is 135 Å². The number of rotatable bonds is 3. The molecule has 6 heteroatoms. The van der Waals surface area contributed by atoms with Gasteiger partial charge in [-0.3, -0.25) is 9.20 Å². The van der Waals surface area contributed by atoms with Gasteiger partial charge in [0.05, 0.1) is 15.7 Å². The third kappa shape index (κ3) is 3.07. The average Bonchev–Trinajstić information content (AvgIpc) is 2.47. The number of hydrogen-bond donors (Lipinski definition) is 0. The highest BCUT2D eigenvalue weighted by molar-refractivity contribution is 7.98. The normalized spacial score (nSPS) is 11.0. The van der Waals surface area contributed by atoms with Crippen LogP contribution in [0.1, 0.15) is 5.69 Å². The molecule has 0 fully saturated rings. The quantitative estimate of drug-likeness (QED) is 0.669. The molecule has 0 aliphatic rings. The fraction of sp³-hybridized carbons (Fsp3) is 0.0667. The summed E-state index contributed by atoms with van der Waals surface area (Å²) in [5.41, 5.74) is 1.24. The monoisotopic (exact) mass is 336 g/mol. The Morgan fingerprint density at radius 2 is 1.86 bits per heavy atom. The summed E-state index contributed by atoms with van der Waals surface area (Å²) in [4.78, 5) is 17.3. The molecular weight excluding hydrogens is 327 g/mol. The Hall–Kier alpha value is -1.49. The van der Waals surface area contributed by atoms with Crippen LogP contribution in [-0.2, 0) is 5.75 Å². The van der Waals surface area contributed by atoms with Gasteiger partial charge >= 0.3 is 0 Å². The van der Waals surface area contributed by atoms with Crippen molar-refractivity contribution in [1.29, 1.82) is 0 Å². The van der Waals surface area contributed by atoms with E-state index in [1.165, 1.54) is 22.2 Å². The van der Waals surface area contributed by atoms with Gasteiger partial charge in [-0.1, -0.05) is 35.3 Å². The molecule has 0 aliphatic carbocycles. The molecule has 0 saturated heterocycles. The first-order valence-electron chi connectivity index (χ1n) is 6.19. The number of halogens is 2. The lowest BCUT2D eigenvalue weighted by Gasteiger charge is -2.07. The van der Waals surface area contributed by atoms with Crippen LogP contribution in [0.3, 0.4) is 0 Å². The van der Waals surface area contributed by atoms with Crippen molar-refractivity contribution in [2.45, 2.75) is 10.6 Å². The van der Waals surface area contributed by atoms with Crippen LogP contribution < -0.4 is 5.56 Å². The average molecular weight is 337 g/mol. The van der Waals surface area contributed by atoms with Crippen LogP contribution in [0, 0.1) is 0 Å². The molecular formula is C15H10Cl2N2OS. The summed E-state index contributed by atoms with van der Waals surface area (Å²) in [6.07, 6.45) is 1.70. The fourth-order valence-electron chi connectivity index (χ4n) is 1.94. The molecule has 0 radical (unpaired) electrons. The molecule has 0 N–H and O–H groups in total. The second-order valence-corrected chi connectivity index (χ2v) is 6.15. The topological polar surface area (TPSA) is 34.4 Å². The number of hydrogen-bond acceptors (Lipinski definition) is 3. The molecule has 2 heterocycles. The van der Waals surface area contributed by atoms with Crippen LogP contribution in [0.15, 0.2) is 58.4 Å². The molecule has 21 heavy (non-hydrogen) atoms. The highest BCUT2D eigenvalue weighted by Crippen LogP contribution is 2.35. The summed E-state index contributed by atoms with van der Waals surface area (Å²) in [6.45, 7) is 0. The van der Waals surface area contributed by atoms with Gasteiger partial charge in [-0.05, 0) is 24.3 Å². The molecule has 3 rings (SSSR count). The summed E-state index contributed by atoms with van der Waals surface area (Å²) in [5, 5.41) is 1.20. The van der Waals surface area contributed by atoms with Crippen LogP contribution in [0.2, 0.25) is 10.0 Å². The Morgan fingerprint density at radius 1 is 1.10 bits per heavy atom.